The number of aliphatic carboxylic acids is 1. The minimum absolute atomic E-state index is 0.0375. The zero-order chi connectivity index (χ0) is 16.3. The summed E-state index contributed by atoms with van der Waals surface area (Å²) in [6.45, 7) is 5.55. The fourth-order valence-electron chi connectivity index (χ4n) is 3.12. The van der Waals surface area contributed by atoms with Crippen LogP contribution in [0.3, 0.4) is 0 Å². The molecule has 0 spiro atoms. The molecular weight excluding hydrogens is 284 g/mol. The first kappa shape index (κ1) is 17.1. The van der Waals surface area contributed by atoms with Crippen molar-refractivity contribution in [3.63, 3.8) is 0 Å². The highest BCUT2D eigenvalue weighted by molar-refractivity contribution is 5.70. The third-order valence-electron chi connectivity index (χ3n) is 4.15. The van der Waals surface area contributed by atoms with Crippen LogP contribution >= 0.6 is 0 Å². The number of carbonyl (C=O) groups excluding carboxylic acids is 1. The number of hydrogen-bond donors (Lipinski definition) is 2. The first-order valence-electron chi connectivity index (χ1n) is 8.24. The van der Waals surface area contributed by atoms with Crippen LogP contribution in [0.5, 0.6) is 0 Å². The molecule has 0 bridgehead atoms. The molecule has 2 fully saturated rings. The molecule has 126 valence electrons. The fraction of sp³-hybridized carbons (Fsp3) is 0.875. The molecule has 0 aromatic heterocycles. The number of nitrogens with zero attached hydrogens (tertiary/aromatic N) is 1. The molecule has 2 atom stereocenters. The van der Waals surface area contributed by atoms with Crippen molar-refractivity contribution in [2.75, 3.05) is 6.54 Å². The van der Waals surface area contributed by atoms with Gasteiger partial charge in [0.05, 0.1) is 12.6 Å². The van der Waals surface area contributed by atoms with Gasteiger partial charge in [-0.25, -0.2) is 4.79 Å². The molecule has 0 saturated heterocycles. The predicted octanol–water partition coefficient (Wildman–Crippen LogP) is 2.37. The summed E-state index contributed by atoms with van der Waals surface area (Å²) >= 11 is 0. The van der Waals surface area contributed by atoms with Crippen LogP contribution in [0.25, 0.3) is 0 Å². The third kappa shape index (κ3) is 4.87. The Morgan fingerprint density at radius 1 is 1.18 bits per heavy atom. The molecule has 0 heterocycles. The lowest BCUT2D eigenvalue weighted by Crippen LogP contribution is -2.56. The third-order valence-corrected chi connectivity index (χ3v) is 4.15. The zero-order valence-electron chi connectivity index (χ0n) is 13.8. The number of ether oxygens (including phenoxy) is 1. The summed E-state index contributed by atoms with van der Waals surface area (Å²) in [6.07, 6.45) is 5.73. The molecule has 6 heteroatoms. The molecule has 2 aliphatic carbocycles. The predicted molar refractivity (Wildman–Crippen MR) is 82.8 cm³/mol. The molecule has 6 nitrogen and oxygen atoms in total. The molecule has 0 radical (unpaired) electrons. The maximum Gasteiger partial charge on any atom is 0.410 e. The quantitative estimate of drug-likeness (QED) is 0.815. The Hall–Kier alpha value is -1.30. The molecule has 2 N–H and O–H groups in total. The summed E-state index contributed by atoms with van der Waals surface area (Å²) in [5.74, 6) is -0.862. The fourth-order valence-corrected chi connectivity index (χ4v) is 3.12. The van der Waals surface area contributed by atoms with Gasteiger partial charge in [0.25, 0.3) is 0 Å². The van der Waals surface area contributed by atoms with Gasteiger partial charge in [-0.15, -0.1) is 0 Å². The Morgan fingerprint density at radius 2 is 1.82 bits per heavy atom. The summed E-state index contributed by atoms with van der Waals surface area (Å²) < 4.78 is 5.57. The Balaban J connectivity index is 2.07. The lowest BCUT2D eigenvalue weighted by atomic mass is 9.89. The van der Waals surface area contributed by atoms with Crippen LogP contribution in [0, 0.1) is 0 Å². The van der Waals surface area contributed by atoms with E-state index in [0.29, 0.717) is 0 Å². The number of nitrogens with one attached hydrogen (secondary N) is 1. The van der Waals surface area contributed by atoms with Gasteiger partial charge < -0.3 is 20.1 Å². The molecular formula is C16H28N2O4. The summed E-state index contributed by atoms with van der Waals surface area (Å²) in [4.78, 5) is 25.3. The van der Waals surface area contributed by atoms with E-state index in [1.165, 1.54) is 0 Å². The van der Waals surface area contributed by atoms with Crippen LogP contribution < -0.4 is 5.32 Å². The van der Waals surface area contributed by atoms with Gasteiger partial charge in [0.1, 0.15) is 5.60 Å². The molecule has 0 aromatic rings. The Morgan fingerprint density at radius 3 is 2.36 bits per heavy atom. The van der Waals surface area contributed by atoms with Gasteiger partial charge in [-0.05, 0) is 46.5 Å². The SMILES string of the molecule is CC(C)(C)OC(=O)N(C1CC1)[C@@H]1CCCC[C@H]1NCC(=O)O. The minimum Gasteiger partial charge on any atom is -0.480 e. The number of hydrogen-bond acceptors (Lipinski definition) is 4. The molecule has 0 aromatic carbocycles. The van der Waals surface area contributed by atoms with Gasteiger partial charge in [-0.2, -0.15) is 0 Å². The average molecular weight is 312 g/mol. The number of carboxylic acids is 1. The summed E-state index contributed by atoms with van der Waals surface area (Å²) in [7, 11) is 0. The van der Waals surface area contributed by atoms with E-state index in [1.807, 2.05) is 25.7 Å². The van der Waals surface area contributed by atoms with Crippen molar-refractivity contribution in [3.05, 3.63) is 0 Å². The zero-order valence-corrected chi connectivity index (χ0v) is 13.8. The minimum atomic E-state index is -0.862. The van der Waals surface area contributed by atoms with Gasteiger partial charge in [0, 0.05) is 12.1 Å². The smallest absolute Gasteiger partial charge is 0.410 e. The van der Waals surface area contributed by atoms with Gasteiger partial charge in [-0.3, -0.25) is 4.79 Å². The highest BCUT2D eigenvalue weighted by Gasteiger charge is 2.43. The van der Waals surface area contributed by atoms with E-state index in [9.17, 15) is 9.59 Å². The highest BCUT2D eigenvalue weighted by atomic mass is 16.6. The normalized spacial score (nSPS) is 25.6. The Kier molecular flexibility index (Phi) is 5.32. The molecule has 2 aliphatic rings. The van der Waals surface area contributed by atoms with Crippen molar-refractivity contribution >= 4 is 12.1 Å². The van der Waals surface area contributed by atoms with E-state index in [4.69, 9.17) is 9.84 Å². The maximum atomic E-state index is 12.6. The van der Waals surface area contributed by atoms with E-state index in [-0.39, 0.29) is 30.8 Å². The number of carbonyl (C=O) groups is 2. The van der Waals surface area contributed by atoms with Crippen molar-refractivity contribution in [2.45, 2.75) is 83.0 Å². The first-order chi connectivity index (χ1) is 10.3. The van der Waals surface area contributed by atoms with Gasteiger partial charge in [0.2, 0.25) is 0 Å². The molecule has 2 rings (SSSR count). The van der Waals surface area contributed by atoms with E-state index in [0.717, 1.165) is 38.5 Å². The van der Waals surface area contributed by atoms with Crippen molar-refractivity contribution in [1.29, 1.82) is 0 Å². The van der Waals surface area contributed by atoms with Crippen LogP contribution in [0.1, 0.15) is 59.3 Å². The van der Waals surface area contributed by atoms with E-state index in [2.05, 4.69) is 5.32 Å². The van der Waals surface area contributed by atoms with Crippen molar-refractivity contribution in [2.24, 2.45) is 0 Å². The standard InChI is InChI=1S/C16H28N2O4/c1-16(2,3)22-15(21)18(11-8-9-11)13-7-5-4-6-12(13)17-10-14(19)20/h11-13,17H,4-10H2,1-3H3,(H,19,20)/t12-,13-/m1/s1. The lowest BCUT2D eigenvalue weighted by Gasteiger charge is -2.41. The van der Waals surface area contributed by atoms with E-state index < -0.39 is 11.6 Å². The van der Waals surface area contributed by atoms with E-state index >= 15 is 0 Å². The van der Waals surface area contributed by atoms with Crippen LogP contribution in [0.15, 0.2) is 0 Å². The Bertz CT molecular complexity index is 415. The maximum absolute atomic E-state index is 12.6. The topological polar surface area (TPSA) is 78.9 Å². The largest absolute Gasteiger partial charge is 0.480 e. The highest BCUT2D eigenvalue weighted by Crippen LogP contribution is 2.35. The Labute approximate surface area is 132 Å². The second-order valence-corrected chi connectivity index (χ2v) is 7.35. The van der Waals surface area contributed by atoms with Crippen LogP contribution in [-0.4, -0.2) is 52.3 Å². The second-order valence-electron chi connectivity index (χ2n) is 7.35. The monoisotopic (exact) mass is 312 g/mol. The van der Waals surface area contributed by atoms with Gasteiger partial charge in [0.15, 0.2) is 0 Å². The molecule has 0 aliphatic heterocycles. The first-order valence-corrected chi connectivity index (χ1v) is 8.24. The van der Waals surface area contributed by atoms with Gasteiger partial charge >= 0.3 is 12.1 Å². The summed E-state index contributed by atoms with van der Waals surface area (Å²) in [6, 6.07) is 0.334. The van der Waals surface area contributed by atoms with Crippen molar-refractivity contribution in [1.82, 2.24) is 10.2 Å². The summed E-state index contributed by atoms with van der Waals surface area (Å²) in [5, 5.41) is 12.0. The van der Waals surface area contributed by atoms with Gasteiger partial charge in [-0.1, -0.05) is 12.8 Å². The van der Waals surface area contributed by atoms with Crippen LogP contribution in [-0.2, 0) is 9.53 Å². The van der Waals surface area contributed by atoms with Crippen molar-refractivity contribution in [3.8, 4) is 0 Å². The lowest BCUT2D eigenvalue weighted by molar-refractivity contribution is -0.136. The number of rotatable bonds is 5. The van der Waals surface area contributed by atoms with E-state index in [1.54, 1.807) is 0 Å². The molecule has 1 amide bonds. The van der Waals surface area contributed by atoms with Crippen LogP contribution in [0.4, 0.5) is 4.79 Å². The number of amides is 1. The van der Waals surface area contributed by atoms with Crippen molar-refractivity contribution < 1.29 is 19.4 Å². The number of carboxylic acid groups (broad SMARTS) is 1. The second kappa shape index (κ2) is 6.86. The molecule has 22 heavy (non-hydrogen) atoms. The average Bonchev–Trinajstić information content (AvgIpc) is 3.20. The summed E-state index contributed by atoms with van der Waals surface area (Å²) in [5.41, 5.74) is -0.511. The molecule has 0 unspecified atom stereocenters. The van der Waals surface area contributed by atoms with Crippen LogP contribution in [0.2, 0.25) is 0 Å². The molecule has 2 saturated carbocycles.